The van der Waals surface area contributed by atoms with Crippen molar-refractivity contribution in [2.24, 2.45) is 5.14 Å². The zero-order chi connectivity index (χ0) is 18.2. The topological polar surface area (TPSA) is 117 Å². The summed E-state index contributed by atoms with van der Waals surface area (Å²) in [4.78, 5) is 11.0. The lowest BCUT2D eigenvalue weighted by Crippen LogP contribution is -2.14. The van der Waals surface area contributed by atoms with Crippen LogP contribution in [0.5, 0.6) is 0 Å². The van der Waals surface area contributed by atoms with Crippen LogP contribution in [0.25, 0.3) is 17.1 Å². The van der Waals surface area contributed by atoms with E-state index in [2.05, 4.69) is 20.1 Å². The van der Waals surface area contributed by atoms with Gasteiger partial charge < -0.3 is 0 Å². The molecular formula is C13H9F3N6O2S. The predicted octanol–water partition coefficient (Wildman–Crippen LogP) is 1.39. The van der Waals surface area contributed by atoms with Crippen molar-refractivity contribution in [3.63, 3.8) is 0 Å². The van der Waals surface area contributed by atoms with Crippen LogP contribution in [0.15, 0.2) is 47.9 Å². The van der Waals surface area contributed by atoms with Gasteiger partial charge in [0.15, 0.2) is 10.9 Å². The zero-order valence-corrected chi connectivity index (χ0v) is 13.0. The number of pyridine rings is 2. The number of primary sulfonamides is 1. The summed E-state index contributed by atoms with van der Waals surface area (Å²) >= 11 is 0. The fourth-order valence-corrected chi connectivity index (χ4v) is 2.42. The Hall–Kier alpha value is -2.86. The van der Waals surface area contributed by atoms with Crippen LogP contribution in [0.4, 0.5) is 13.2 Å². The molecule has 0 bridgehead atoms. The largest absolute Gasteiger partial charge is 0.453 e. The van der Waals surface area contributed by atoms with Gasteiger partial charge in [0, 0.05) is 18.0 Å². The van der Waals surface area contributed by atoms with Gasteiger partial charge in [0.1, 0.15) is 0 Å². The first kappa shape index (κ1) is 17.0. The average Bonchev–Trinajstić information content (AvgIpc) is 3.00. The highest BCUT2D eigenvalue weighted by atomic mass is 32.2. The second kappa shape index (κ2) is 5.89. The molecule has 0 spiro atoms. The van der Waals surface area contributed by atoms with Gasteiger partial charge >= 0.3 is 6.18 Å². The number of nitrogens with zero attached hydrogens (tertiary/aromatic N) is 5. The molecule has 0 fully saturated rings. The van der Waals surface area contributed by atoms with Crippen molar-refractivity contribution in [3.05, 3.63) is 48.7 Å². The molecule has 3 rings (SSSR count). The third-order valence-electron chi connectivity index (χ3n) is 3.06. The Morgan fingerprint density at radius 3 is 2.28 bits per heavy atom. The van der Waals surface area contributed by atoms with E-state index >= 15 is 0 Å². The van der Waals surface area contributed by atoms with Crippen LogP contribution in [-0.4, -0.2) is 33.2 Å². The summed E-state index contributed by atoms with van der Waals surface area (Å²) in [7, 11) is -4.03. The Kier molecular flexibility index (Phi) is 4.00. The molecule has 0 amide bonds. The molecular weight excluding hydrogens is 361 g/mol. The fraction of sp³-hybridized carbons (Fsp3) is 0.0769. The zero-order valence-electron chi connectivity index (χ0n) is 12.2. The van der Waals surface area contributed by atoms with Crippen molar-refractivity contribution in [1.82, 2.24) is 24.7 Å². The molecule has 0 unspecified atom stereocenters. The monoisotopic (exact) mass is 370 g/mol. The molecule has 0 aliphatic heterocycles. The molecule has 0 aliphatic carbocycles. The first-order valence-electron chi connectivity index (χ1n) is 6.60. The summed E-state index contributed by atoms with van der Waals surface area (Å²) in [6, 6.07) is 5.22. The highest BCUT2D eigenvalue weighted by Gasteiger charge is 2.37. The molecule has 0 saturated heterocycles. The van der Waals surface area contributed by atoms with Crippen LogP contribution in [0.1, 0.15) is 5.82 Å². The van der Waals surface area contributed by atoms with Gasteiger partial charge in [-0.15, -0.1) is 5.10 Å². The molecule has 8 nitrogen and oxygen atoms in total. The molecule has 0 radical (unpaired) electrons. The molecule has 3 heterocycles. The second-order valence-electron chi connectivity index (χ2n) is 4.80. The van der Waals surface area contributed by atoms with Crippen molar-refractivity contribution in [1.29, 1.82) is 0 Å². The Morgan fingerprint density at radius 2 is 1.76 bits per heavy atom. The van der Waals surface area contributed by atoms with E-state index < -0.39 is 27.0 Å². The molecule has 0 saturated carbocycles. The first-order valence-corrected chi connectivity index (χ1v) is 8.15. The van der Waals surface area contributed by atoms with Crippen LogP contribution in [0, 0.1) is 0 Å². The molecule has 12 heteroatoms. The molecule has 130 valence electrons. The average molecular weight is 370 g/mol. The summed E-state index contributed by atoms with van der Waals surface area (Å²) in [6.45, 7) is 0. The smallest absolute Gasteiger partial charge is 0.265 e. The third kappa shape index (κ3) is 3.49. The normalized spacial score (nSPS) is 12.3. The molecule has 3 aromatic heterocycles. The highest BCUT2D eigenvalue weighted by Crippen LogP contribution is 2.30. The number of aromatic nitrogens is 5. The van der Waals surface area contributed by atoms with Gasteiger partial charge in [-0.25, -0.2) is 28.2 Å². The van der Waals surface area contributed by atoms with E-state index in [0.717, 1.165) is 16.9 Å². The molecule has 3 aromatic rings. The van der Waals surface area contributed by atoms with Gasteiger partial charge in [0.05, 0.1) is 11.9 Å². The van der Waals surface area contributed by atoms with E-state index in [9.17, 15) is 21.6 Å². The Morgan fingerprint density at radius 1 is 1.08 bits per heavy atom. The fourth-order valence-electron chi connectivity index (χ4n) is 1.97. The van der Waals surface area contributed by atoms with Crippen LogP contribution in [0.2, 0.25) is 0 Å². The van der Waals surface area contributed by atoms with E-state index in [1.54, 1.807) is 0 Å². The Bertz CT molecular complexity index is 1000. The number of hydrogen-bond donors (Lipinski definition) is 1. The molecule has 0 atom stereocenters. The SMILES string of the molecule is NS(=O)(=O)c1ccc(-n2nc(C(F)(F)F)nc2-c2ccncc2)cn1. The number of hydrogen-bond acceptors (Lipinski definition) is 6. The maximum absolute atomic E-state index is 13.0. The highest BCUT2D eigenvalue weighted by molar-refractivity contribution is 7.89. The first-order chi connectivity index (χ1) is 11.7. The van der Waals surface area contributed by atoms with Crippen molar-refractivity contribution in [3.8, 4) is 17.1 Å². The Balaban J connectivity index is 2.16. The van der Waals surface area contributed by atoms with Crippen molar-refractivity contribution in [2.45, 2.75) is 11.2 Å². The lowest BCUT2D eigenvalue weighted by atomic mass is 10.2. The van der Waals surface area contributed by atoms with E-state index in [4.69, 9.17) is 5.14 Å². The second-order valence-corrected chi connectivity index (χ2v) is 6.31. The minimum Gasteiger partial charge on any atom is -0.265 e. The van der Waals surface area contributed by atoms with Crippen LogP contribution >= 0.6 is 0 Å². The van der Waals surface area contributed by atoms with E-state index in [1.165, 1.54) is 30.6 Å². The number of alkyl halides is 3. The van der Waals surface area contributed by atoms with E-state index in [-0.39, 0.29) is 11.5 Å². The lowest BCUT2D eigenvalue weighted by Gasteiger charge is -2.06. The molecule has 0 aliphatic rings. The van der Waals surface area contributed by atoms with Crippen molar-refractivity contribution >= 4 is 10.0 Å². The van der Waals surface area contributed by atoms with Crippen molar-refractivity contribution < 1.29 is 21.6 Å². The summed E-state index contributed by atoms with van der Waals surface area (Å²) in [5, 5.41) is 7.99. The summed E-state index contributed by atoms with van der Waals surface area (Å²) in [5.41, 5.74) is 0.427. The number of rotatable bonds is 3. The number of halogens is 3. The quantitative estimate of drug-likeness (QED) is 0.745. The van der Waals surface area contributed by atoms with Gasteiger partial charge in [-0.05, 0) is 24.3 Å². The minimum absolute atomic E-state index is 0.0854. The maximum Gasteiger partial charge on any atom is 0.453 e. The van der Waals surface area contributed by atoms with Gasteiger partial charge in [0.25, 0.3) is 15.8 Å². The molecule has 0 aromatic carbocycles. The van der Waals surface area contributed by atoms with Crippen LogP contribution in [-0.2, 0) is 16.2 Å². The predicted molar refractivity (Wildman–Crippen MR) is 78.8 cm³/mol. The standard InChI is InChI=1S/C13H9F3N6O2S/c14-13(15,16)12-20-11(8-3-5-18-6-4-8)22(21-12)9-1-2-10(19-7-9)25(17,23)24/h1-7H,(H2,17,23,24). The molecule has 25 heavy (non-hydrogen) atoms. The summed E-state index contributed by atoms with van der Waals surface area (Å²) in [6.07, 6.45) is -0.922. The lowest BCUT2D eigenvalue weighted by molar-refractivity contribution is -0.144. The Labute approximate surface area is 139 Å². The molecule has 2 N–H and O–H groups in total. The van der Waals surface area contributed by atoms with Crippen molar-refractivity contribution in [2.75, 3.05) is 0 Å². The minimum atomic E-state index is -4.75. The number of sulfonamides is 1. The van der Waals surface area contributed by atoms with Gasteiger partial charge in [0.2, 0.25) is 0 Å². The van der Waals surface area contributed by atoms with Crippen LogP contribution in [0.3, 0.4) is 0 Å². The van der Waals surface area contributed by atoms with Gasteiger partial charge in [-0.3, -0.25) is 4.98 Å². The van der Waals surface area contributed by atoms with E-state index in [0.29, 0.717) is 5.56 Å². The summed E-state index contributed by atoms with van der Waals surface area (Å²) in [5.74, 6) is -1.44. The van der Waals surface area contributed by atoms with Crippen LogP contribution < -0.4 is 5.14 Å². The third-order valence-corrected chi connectivity index (χ3v) is 3.88. The number of nitrogens with two attached hydrogens (primary N) is 1. The van der Waals surface area contributed by atoms with Gasteiger partial charge in [-0.1, -0.05) is 0 Å². The van der Waals surface area contributed by atoms with Gasteiger partial charge in [-0.2, -0.15) is 13.2 Å². The maximum atomic E-state index is 13.0. The summed E-state index contributed by atoms with van der Waals surface area (Å²) < 4.78 is 62.3. The van der Waals surface area contributed by atoms with E-state index in [1.807, 2.05) is 0 Å².